The molecule has 0 saturated carbocycles. The number of hydrogen-bond acceptors (Lipinski definition) is 17. The second-order valence-electron chi connectivity index (χ2n) is 22.1. The molecule has 4 aromatic carbocycles. The Kier molecular flexibility index (Phi) is 20.1. The van der Waals surface area contributed by atoms with Gasteiger partial charge in [-0.25, -0.2) is 9.97 Å². The maximum atomic E-state index is 13.0. The van der Waals surface area contributed by atoms with Crippen LogP contribution in [0.2, 0.25) is 0 Å². The van der Waals surface area contributed by atoms with Crippen molar-refractivity contribution in [2.24, 2.45) is 5.73 Å². The summed E-state index contributed by atoms with van der Waals surface area (Å²) in [6.07, 6.45) is 13.8. The number of amides is 4. The quantitative estimate of drug-likeness (QED) is 0.0330. The van der Waals surface area contributed by atoms with E-state index in [9.17, 15) is 24.3 Å². The molecule has 6 heterocycles. The lowest BCUT2D eigenvalue weighted by atomic mass is 10.0. The van der Waals surface area contributed by atoms with Crippen LogP contribution in [0.5, 0.6) is 0 Å². The van der Waals surface area contributed by atoms with Crippen molar-refractivity contribution in [3.63, 3.8) is 0 Å². The van der Waals surface area contributed by atoms with Crippen LogP contribution in [0.15, 0.2) is 135 Å². The molecule has 10 rings (SSSR count). The topological polar surface area (TPSA) is 284 Å². The molecule has 4 aromatic heterocycles. The van der Waals surface area contributed by atoms with Crippen molar-refractivity contribution in [3.05, 3.63) is 146 Å². The number of rotatable bonds is 20. The Labute approximate surface area is 500 Å². The first-order valence-electron chi connectivity index (χ1n) is 29.0. The first-order valence-corrected chi connectivity index (χ1v) is 29.0. The molecule has 0 bridgehead atoms. The molecule has 0 spiro atoms. The lowest BCUT2D eigenvalue weighted by molar-refractivity contribution is -0.112. The summed E-state index contributed by atoms with van der Waals surface area (Å²) in [6.45, 7) is 14.9. The van der Waals surface area contributed by atoms with E-state index < -0.39 is 0 Å². The first-order chi connectivity index (χ1) is 41.5. The van der Waals surface area contributed by atoms with Gasteiger partial charge in [-0.05, 0) is 171 Å². The Morgan fingerprint density at radius 2 is 1.17 bits per heavy atom. The van der Waals surface area contributed by atoms with Gasteiger partial charge in [0.15, 0.2) is 34.0 Å². The second kappa shape index (κ2) is 28.3. The molecule has 9 N–H and O–H groups in total. The number of carbonyl (C=O) groups is 4. The molecule has 2 atom stereocenters. The number of hydrogen-bond donors (Lipinski definition) is 8. The van der Waals surface area contributed by atoms with Crippen molar-refractivity contribution < 1.29 is 24.3 Å². The van der Waals surface area contributed by atoms with Crippen molar-refractivity contribution in [1.82, 2.24) is 43.9 Å². The van der Waals surface area contributed by atoms with Crippen molar-refractivity contribution in [2.75, 3.05) is 88.6 Å². The fourth-order valence-corrected chi connectivity index (χ4v) is 10.1. The third-order valence-corrected chi connectivity index (χ3v) is 14.5. The van der Waals surface area contributed by atoms with Gasteiger partial charge in [-0.1, -0.05) is 24.8 Å². The molecule has 2 aliphatic heterocycles. The average Bonchev–Trinajstić information content (AvgIpc) is 1.95. The van der Waals surface area contributed by atoms with E-state index >= 15 is 0 Å². The van der Waals surface area contributed by atoms with Crippen LogP contribution in [0.1, 0.15) is 99.0 Å². The van der Waals surface area contributed by atoms with Crippen LogP contribution in [0.25, 0.3) is 22.3 Å². The Morgan fingerprint density at radius 1 is 0.651 bits per heavy atom. The highest BCUT2D eigenvalue weighted by Crippen LogP contribution is 2.33. The standard InChI is InChI=1S/C32H40N10O2.C31H36N8O3/c1-21(2)42-20-34-28-29(38-32(39-30(28)42)41-17-6-8-23(33)19-41)36-25-9-5-10-26(18-25)37-31(44)22-12-14-24(15-13-22)35-27(43)11-7-16-40(3)4;1-4-26(41)33-22-13-11-21(12-14-22)30(42)35-24-9-7-8-23(18-24)34-28-27-29(39(19-32-27)20(2)3)37-31(36-28)38-16-6-5-10-25(38)15-17-40/h5,7,9-15,18,20-21,23H,6,8,16-17,19,33H2,1-4H3,(H,35,43)(H,37,44)(H,36,38,39);4,7-9,11-14,18-20,25,40H,1,5-6,10,15-17H2,2-3H3,(H,33,41)(H,35,42)(H,34,36,37)/b11-7+;. The molecule has 0 radical (unpaired) electrons. The highest BCUT2D eigenvalue weighted by atomic mass is 16.3. The zero-order chi connectivity index (χ0) is 60.9. The van der Waals surface area contributed by atoms with E-state index in [0.29, 0.717) is 88.0 Å². The molecule has 8 aromatic rings. The van der Waals surface area contributed by atoms with E-state index in [1.54, 1.807) is 67.3 Å². The second-order valence-corrected chi connectivity index (χ2v) is 22.1. The summed E-state index contributed by atoms with van der Waals surface area (Å²) in [7, 11) is 3.86. The monoisotopic (exact) mass is 1160 g/mol. The van der Waals surface area contributed by atoms with Gasteiger partial charge in [0.25, 0.3) is 11.8 Å². The van der Waals surface area contributed by atoms with Gasteiger partial charge in [0.1, 0.15) is 0 Å². The van der Waals surface area contributed by atoms with Crippen LogP contribution >= 0.6 is 0 Å². The summed E-state index contributed by atoms with van der Waals surface area (Å²) in [6, 6.07) is 28.8. The van der Waals surface area contributed by atoms with Gasteiger partial charge < -0.3 is 66.6 Å². The molecule has 4 amide bonds. The maximum absolute atomic E-state index is 13.0. The molecular weight excluding hydrogens is 1090 g/mol. The van der Waals surface area contributed by atoms with Crippen molar-refractivity contribution in [3.8, 4) is 0 Å². The first kappa shape index (κ1) is 61.0. The third kappa shape index (κ3) is 15.6. The third-order valence-electron chi connectivity index (χ3n) is 14.5. The number of carbonyl (C=O) groups excluding carboxylic acids is 4. The number of nitrogens with two attached hydrogens (primary N) is 1. The summed E-state index contributed by atoms with van der Waals surface area (Å²) in [5.41, 5.74) is 13.8. The van der Waals surface area contributed by atoms with E-state index in [1.807, 2.05) is 76.7 Å². The van der Waals surface area contributed by atoms with Gasteiger partial charge in [0.05, 0.1) is 12.7 Å². The predicted octanol–water partition coefficient (Wildman–Crippen LogP) is 9.66. The van der Waals surface area contributed by atoms with E-state index in [0.717, 1.165) is 67.9 Å². The Morgan fingerprint density at radius 3 is 1.69 bits per heavy atom. The minimum Gasteiger partial charge on any atom is -0.396 e. The van der Waals surface area contributed by atoms with E-state index in [2.05, 4.69) is 85.9 Å². The number of aromatic nitrogens is 8. The van der Waals surface area contributed by atoms with E-state index in [4.69, 9.17) is 25.7 Å². The van der Waals surface area contributed by atoms with Gasteiger partial charge in [0, 0.05) is 108 Å². The zero-order valence-corrected chi connectivity index (χ0v) is 49.5. The van der Waals surface area contributed by atoms with Gasteiger partial charge in [-0.2, -0.15) is 19.9 Å². The summed E-state index contributed by atoms with van der Waals surface area (Å²) in [5.74, 6) is 1.29. The molecule has 23 nitrogen and oxygen atoms in total. The predicted molar refractivity (Wildman–Crippen MR) is 341 cm³/mol. The number of likely N-dealkylation sites (N-methyl/N-ethyl adjacent to an activating group) is 1. The molecule has 2 saturated heterocycles. The lowest BCUT2D eigenvalue weighted by Crippen LogP contribution is -2.43. The molecule has 23 heteroatoms. The molecule has 0 aliphatic carbocycles. The maximum Gasteiger partial charge on any atom is 0.255 e. The molecular formula is C63H76N18O5. The minimum atomic E-state index is -0.318. The number of fused-ring (bicyclic) bond motifs is 2. The average molecular weight is 1170 g/mol. The molecule has 2 fully saturated rings. The Bertz CT molecular complexity index is 3710. The SMILES string of the molecule is C=CC(=O)Nc1ccc(C(=O)Nc2cccc(Nc3nc(N4CCCCC4CCO)nc4c3ncn4C(C)C)c2)cc1.CC(C)n1cnc2c(Nc3cccc(NC(=O)c4ccc(NC(=O)/C=C/CN(C)C)cc4)c3)nc(N3CCCC(N)C3)nc21. The van der Waals surface area contributed by atoms with Crippen LogP contribution in [0, 0.1) is 0 Å². The largest absolute Gasteiger partial charge is 0.396 e. The number of aliphatic hydroxyl groups excluding tert-OH is 1. The fraction of sp³-hybridized carbons (Fsp3) is 0.333. The number of anilines is 10. The van der Waals surface area contributed by atoms with Crippen molar-refractivity contribution >= 4 is 104 Å². The number of piperidine rings is 2. The van der Waals surface area contributed by atoms with Crippen LogP contribution in [-0.4, -0.2) is 132 Å². The number of nitrogens with one attached hydrogen (secondary N) is 6. The van der Waals surface area contributed by atoms with Gasteiger partial charge in [0.2, 0.25) is 23.7 Å². The molecule has 2 aliphatic rings. The lowest BCUT2D eigenvalue weighted by Gasteiger charge is -2.35. The summed E-state index contributed by atoms with van der Waals surface area (Å²) in [5, 5.41) is 27.8. The van der Waals surface area contributed by atoms with Crippen LogP contribution in [-0.2, 0) is 9.59 Å². The van der Waals surface area contributed by atoms with Gasteiger partial charge in [-0.3, -0.25) is 19.2 Å². The highest BCUT2D eigenvalue weighted by Gasteiger charge is 2.28. The Hall–Kier alpha value is -9.58. The summed E-state index contributed by atoms with van der Waals surface area (Å²) < 4.78 is 4.06. The van der Waals surface area contributed by atoms with Crippen molar-refractivity contribution in [2.45, 2.75) is 90.4 Å². The smallest absolute Gasteiger partial charge is 0.255 e. The number of nitrogens with zero attached hydrogens (tertiary/aromatic N) is 11. The molecule has 86 heavy (non-hydrogen) atoms. The van der Waals surface area contributed by atoms with Gasteiger partial charge >= 0.3 is 0 Å². The summed E-state index contributed by atoms with van der Waals surface area (Å²) >= 11 is 0. The minimum absolute atomic E-state index is 0.0833. The zero-order valence-electron chi connectivity index (χ0n) is 49.5. The molecule has 448 valence electrons. The van der Waals surface area contributed by atoms with Crippen molar-refractivity contribution in [1.29, 1.82) is 0 Å². The molecule has 2 unspecified atom stereocenters. The Balaban J connectivity index is 0.000000206. The number of imidazole rings is 2. The van der Waals surface area contributed by atoms with Crippen LogP contribution in [0.3, 0.4) is 0 Å². The fourth-order valence-electron chi connectivity index (χ4n) is 10.1. The summed E-state index contributed by atoms with van der Waals surface area (Å²) in [4.78, 5) is 84.7. The van der Waals surface area contributed by atoms with E-state index in [-0.39, 0.29) is 54.4 Å². The van der Waals surface area contributed by atoms with Gasteiger partial charge in [-0.15, -0.1) is 0 Å². The van der Waals surface area contributed by atoms with Crippen LogP contribution < -0.4 is 47.4 Å². The highest BCUT2D eigenvalue weighted by molar-refractivity contribution is 6.06. The normalized spacial score (nSPS) is 15.2. The van der Waals surface area contributed by atoms with Crippen LogP contribution in [0.4, 0.5) is 57.7 Å². The number of aliphatic hydroxyl groups is 1. The van der Waals surface area contributed by atoms with E-state index in [1.165, 1.54) is 12.2 Å². The number of benzene rings is 4.